The Labute approximate surface area is 118 Å². The minimum atomic E-state index is -0.171. The molecule has 0 spiro atoms. The third-order valence-electron chi connectivity index (χ3n) is 2.67. The Balaban J connectivity index is 1.95. The Hall–Kier alpha value is -1.91. The highest BCUT2D eigenvalue weighted by Gasteiger charge is 2.10. The van der Waals surface area contributed by atoms with E-state index in [0.717, 1.165) is 10.9 Å². The fraction of sp³-hybridized carbons (Fsp3) is 0. The van der Waals surface area contributed by atoms with Crippen LogP contribution in [0.5, 0.6) is 0 Å². The minimum absolute atomic E-state index is 0.171. The van der Waals surface area contributed by atoms with Crippen LogP contribution in [0.2, 0.25) is 5.02 Å². The second-order valence-electron chi connectivity index (χ2n) is 3.96. The van der Waals surface area contributed by atoms with E-state index in [9.17, 15) is 4.79 Å². The van der Waals surface area contributed by atoms with Crippen LogP contribution in [0.3, 0.4) is 0 Å². The number of para-hydroxylation sites is 1. The van der Waals surface area contributed by atoms with E-state index in [0.29, 0.717) is 15.6 Å². The molecule has 0 saturated carbocycles. The number of carbonyl (C=O) groups excluding carboxylic acids is 1. The van der Waals surface area contributed by atoms with Crippen LogP contribution in [0.4, 0.5) is 5.69 Å². The average molecular weight is 289 g/mol. The summed E-state index contributed by atoms with van der Waals surface area (Å²) in [6, 6.07) is 11.2. The molecule has 2 aromatic heterocycles. The molecule has 3 nitrogen and oxygen atoms in total. The molecule has 1 amide bonds. The van der Waals surface area contributed by atoms with Gasteiger partial charge in [-0.2, -0.15) is 0 Å². The van der Waals surface area contributed by atoms with Crippen LogP contribution in [0.15, 0.2) is 48.0 Å². The van der Waals surface area contributed by atoms with Gasteiger partial charge in [-0.25, -0.2) is 0 Å². The van der Waals surface area contributed by atoms with Crippen LogP contribution in [-0.4, -0.2) is 10.9 Å². The van der Waals surface area contributed by atoms with Gasteiger partial charge in [0.05, 0.1) is 21.1 Å². The second-order valence-corrected chi connectivity index (χ2v) is 5.31. The summed E-state index contributed by atoms with van der Waals surface area (Å²) in [6.07, 6.45) is 1.71. The van der Waals surface area contributed by atoms with Crippen molar-refractivity contribution in [2.24, 2.45) is 0 Å². The van der Waals surface area contributed by atoms with E-state index in [-0.39, 0.29) is 5.91 Å². The molecule has 0 unspecified atom stereocenters. The zero-order chi connectivity index (χ0) is 13.2. The smallest absolute Gasteiger partial charge is 0.265 e. The van der Waals surface area contributed by atoms with Crippen molar-refractivity contribution in [3.8, 4) is 0 Å². The topological polar surface area (TPSA) is 42.0 Å². The molecule has 3 aromatic rings. The second kappa shape index (κ2) is 4.99. The molecule has 3 rings (SSSR count). The number of hydrogen-bond donors (Lipinski definition) is 1. The van der Waals surface area contributed by atoms with E-state index in [4.69, 9.17) is 11.6 Å². The number of benzene rings is 1. The largest absolute Gasteiger partial charge is 0.319 e. The van der Waals surface area contributed by atoms with Gasteiger partial charge >= 0.3 is 0 Å². The number of thiophene rings is 1. The molecular formula is C14H9ClN2OS. The summed E-state index contributed by atoms with van der Waals surface area (Å²) in [7, 11) is 0. The van der Waals surface area contributed by atoms with Crippen LogP contribution < -0.4 is 5.32 Å². The summed E-state index contributed by atoms with van der Waals surface area (Å²) in [5.41, 5.74) is 1.48. The quantitative estimate of drug-likeness (QED) is 0.768. The van der Waals surface area contributed by atoms with Gasteiger partial charge in [-0.1, -0.05) is 29.8 Å². The standard InChI is InChI=1S/C14H9ClN2OS/c15-10-7-12(19-8-10)14(18)17-11-5-1-3-9-4-2-6-16-13(9)11/h1-8H,(H,17,18). The van der Waals surface area contributed by atoms with Crippen molar-refractivity contribution >= 4 is 45.4 Å². The Morgan fingerprint density at radius 2 is 2.11 bits per heavy atom. The molecular weight excluding hydrogens is 280 g/mol. The maximum atomic E-state index is 12.1. The fourth-order valence-electron chi connectivity index (χ4n) is 1.82. The molecule has 94 valence electrons. The highest BCUT2D eigenvalue weighted by Crippen LogP contribution is 2.24. The van der Waals surface area contributed by atoms with Crippen molar-refractivity contribution in [2.45, 2.75) is 0 Å². The number of fused-ring (bicyclic) bond motifs is 1. The molecule has 19 heavy (non-hydrogen) atoms. The molecule has 1 aromatic carbocycles. The number of carbonyl (C=O) groups is 1. The van der Waals surface area contributed by atoms with Crippen molar-refractivity contribution in [1.82, 2.24) is 4.98 Å². The summed E-state index contributed by atoms with van der Waals surface area (Å²) < 4.78 is 0. The average Bonchev–Trinajstić information content (AvgIpc) is 2.86. The molecule has 0 radical (unpaired) electrons. The number of nitrogens with one attached hydrogen (secondary N) is 1. The van der Waals surface area contributed by atoms with Crippen molar-refractivity contribution < 1.29 is 4.79 Å². The lowest BCUT2D eigenvalue weighted by Gasteiger charge is -2.06. The molecule has 0 aliphatic heterocycles. The van der Waals surface area contributed by atoms with E-state index in [1.54, 1.807) is 17.6 Å². The van der Waals surface area contributed by atoms with Crippen LogP contribution >= 0.6 is 22.9 Å². The summed E-state index contributed by atoms with van der Waals surface area (Å²) in [5.74, 6) is -0.171. The SMILES string of the molecule is O=C(Nc1cccc2cccnc12)c1cc(Cl)cs1. The van der Waals surface area contributed by atoms with Gasteiger partial charge in [-0.15, -0.1) is 11.3 Å². The summed E-state index contributed by atoms with van der Waals surface area (Å²) >= 11 is 7.14. The van der Waals surface area contributed by atoms with Gasteiger partial charge in [0.2, 0.25) is 0 Å². The van der Waals surface area contributed by atoms with E-state index >= 15 is 0 Å². The van der Waals surface area contributed by atoms with Crippen molar-refractivity contribution in [3.05, 3.63) is 57.9 Å². The number of hydrogen-bond acceptors (Lipinski definition) is 3. The van der Waals surface area contributed by atoms with Crippen molar-refractivity contribution in [3.63, 3.8) is 0 Å². The predicted octanol–water partition coefficient (Wildman–Crippen LogP) is 4.20. The summed E-state index contributed by atoms with van der Waals surface area (Å²) in [4.78, 5) is 17.0. The summed E-state index contributed by atoms with van der Waals surface area (Å²) in [6.45, 7) is 0. The van der Waals surface area contributed by atoms with E-state index < -0.39 is 0 Å². The van der Waals surface area contributed by atoms with Gasteiger partial charge in [0.15, 0.2) is 0 Å². The lowest BCUT2D eigenvalue weighted by atomic mass is 10.2. The Kier molecular flexibility index (Phi) is 3.19. The first-order chi connectivity index (χ1) is 9.24. The zero-order valence-electron chi connectivity index (χ0n) is 9.76. The van der Waals surface area contributed by atoms with Gasteiger partial charge in [0.1, 0.15) is 0 Å². The van der Waals surface area contributed by atoms with Gasteiger partial charge in [0, 0.05) is 17.0 Å². The van der Waals surface area contributed by atoms with E-state index in [1.807, 2.05) is 30.3 Å². The van der Waals surface area contributed by atoms with Crippen molar-refractivity contribution in [1.29, 1.82) is 0 Å². The molecule has 1 N–H and O–H groups in total. The number of rotatable bonds is 2. The molecule has 2 heterocycles. The first-order valence-corrected chi connectivity index (χ1v) is 6.89. The first-order valence-electron chi connectivity index (χ1n) is 5.63. The third-order valence-corrected chi connectivity index (χ3v) is 3.95. The number of pyridine rings is 1. The molecule has 5 heteroatoms. The third kappa shape index (κ3) is 2.45. The van der Waals surface area contributed by atoms with Crippen LogP contribution in [0.25, 0.3) is 10.9 Å². The van der Waals surface area contributed by atoms with Gasteiger partial charge < -0.3 is 5.32 Å². The predicted molar refractivity (Wildman–Crippen MR) is 79.0 cm³/mol. The summed E-state index contributed by atoms with van der Waals surface area (Å²) in [5, 5.41) is 6.16. The highest BCUT2D eigenvalue weighted by atomic mass is 35.5. The molecule has 0 saturated heterocycles. The maximum absolute atomic E-state index is 12.1. The Morgan fingerprint density at radius 3 is 2.89 bits per heavy atom. The molecule has 0 aliphatic rings. The van der Waals surface area contributed by atoms with Gasteiger partial charge in [-0.05, 0) is 18.2 Å². The number of anilines is 1. The van der Waals surface area contributed by atoms with E-state index in [1.165, 1.54) is 11.3 Å². The molecule has 0 bridgehead atoms. The number of halogens is 1. The van der Waals surface area contributed by atoms with Crippen molar-refractivity contribution in [2.75, 3.05) is 5.32 Å². The fourth-order valence-corrected chi connectivity index (χ4v) is 2.79. The first kappa shape index (κ1) is 12.1. The highest BCUT2D eigenvalue weighted by molar-refractivity contribution is 7.12. The zero-order valence-corrected chi connectivity index (χ0v) is 11.3. The Bertz CT molecular complexity index is 749. The maximum Gasteiger partial charge on any atom is 0.265 e. The monoisotopic (exact) mass is 288 g/mol. The van der Waals surface area contributed by atoms with Crippen LogP contribution in [0, 0.1) is 0 Å². The van der Waals surface area contributed by atoms with Crippen LogP contribution in [0.1, 0.15) is 9.67 Å². The minimum Gasteiger partial charge on any atom is -0.319 e. The number of nitrogens with zero attached hydrogens (tertiary/aromatic N) is 1. The lowest BCUT2D eigenvalue weighted by molar-refractivity contribution is 0.103. The molecule has 0 atom stereocenters. The van der Waals surface area contributed by atoms with Gasteiger partial charge in [-0.3, -0.25) is 9.78 Å². The molecule has 0 fully saturated rings. The Morgan fingerprint density at radius 1 is 1.26 bits per heavy atom. The molecule has 0 aliphatic carbocycles. The van der Waals surface area contributed by atoms with Gasteiger partial charge in [0.25, 0.3) is 5.91 Å². The number of amides is 1. The van der Waals surface area contributed by atoms with Crippen LogP contribution in [-0.2, 0) is 0 Å². The number of aromatic nitrogens is 1. The normalized spacial score (nSPS) is 10.6. The lowest BCUT2D eigenvalue weighted by Crippen LogP contribution is -2.10. The van der Waals surface area contributed by atoms with E-state index in [2.05, 4.69) is 10.3 Å².